The molecule has 0 saturated heterocycles. The SMILES string of the molecule is CCCCCCCCCC/C=C\CCCCCCCCCCCC(=O)OC(CO)COP(=O)(O)OCC(CO)OC(=O)CCCCCCCCCCCCCCCC. The van der Waals surface area contributed by atoms with Crippen LogP contribution in [0.15, 0.2) is 12.2 Å². The van der Waals surface area contributed by atoms with Gasteiger partial charge >= 0.3 is 19.8 Å². The Labute approximate surface area is 356 Å². The number of rotatable bonds is 46. The Balaban J connectivity index is 3.83. The Kier molecular flexibility index (Phi) is 42.8. The van der Waals surface area contributed by atoms with Crippen molar-refractivity contribution in [1.29, 1.82) is 0 Å². The van der Waals surface area contributed by atoms with Crippen molar-refractivity contribution in [2.75, 3.05) is 26.4 Å². The largest absolute Gasteiger partial charge is 0.472 e. The molecule has 3 N–H and O–H groups in total. The molecule has 0 spiro atoms. The topological polar surface area (TPSA) is 149 Å². The number of aliphatic hydroxyl groups is 2. The highest BCUT2D eigenvalue weighted by molar-refractivity contribution is 7.47. The summed E-state index contributed by atoms with van der Waals surface area (Å²) in [6, 6.07) is 0. The minimum Gasteiger partial charge on any atom is -0.457 e. The molecular weight excluding hydrogens is 755 g/mol. The zero-order valence-electron chi connectivity index (χ0n) is 37.5. The monoisotopic (exact) mass is 847 g/mol. The summed E-state index contributed by atoms with van der Waals surface area (Å²) in [6.45, 7) is 2.25. The number of aliphatic hydroxyl groups excluding tert-OH is 2. The third-order valence-electron chi connectivity index (χ3n) is 10.7. The van der Waals surface area contributed by atoms with E-state index in [2.05, 4.69) is 26.0 Å². The van der Waals surface area contributed by atoms with Crippen molar-refractivity contribution in [3.05, 3.63) is 12.2 Å². The molecule has 344 valence electrons. The highest BCUT2D eigenvalue weighted by atomic mass is 31.2. The summed E-state index contributed by atoms with van der Waals surface area (Å²) in [6.07, 6.45) is 43.3. The van der Waals surface area contributed by atoms with Crippen LogP contribution in [-0.2, 0) is 32.7 Å². The summed E-state index contributed by atoms with van der Waals surface area (Å²) in [5.74, 6) is -1.01. The highest BCUT2D eigenvalue weighted by Gasteiger charge is 2.27. The molecule has 0 radical (unpaired) electrons. The first-order valence-electron chi connectivity index (χ1n) is 24.1. The van der Waals surface area contributed by atoms with Gasteiger partial charge in [-0.15, -0.1) is 0 Å². The zero-order valence-corrected chi connectivity index (χ0v) is 38.4. The zero-order chi connectivity index (χ0) is 42.6. The van der Waals surface area contributed by atoms with Gasteiger partial charge in [0.15, 0.2) is 0 Å². The Morgan fingerprint density at radius 2 is 0.707 bits per heavy atom. The van der Waals surface area contributed by atoms with Gasteiger partial charge in [-0.3, -0.25) is 18.6 Å². The molecule has 0 aromatic rings. The minimum absolute atomic E-state index is 0.194. The number of carbonyl (C=O) groups excluding carboxylic acids is 2. The number of unbranched alkanes of at least 4 members (excludes halogenated alkanes) is 30. The fraction of sp³-hybridized carbons (Fsp3) is 0.915. The molecule has 0 amide bonds. The van der Waals surface area contributed by atoms with Gasteiger partial charge in [0, 0.05) is 12.8 Å². The van der Waals surface area contributed by atoms with Crippen molar-refractivity contribution < 1.29 is 47.8 Å². The summed E-state index contributed by atoms with van der Waals surface area (Å²) in [5.41, 5.74) is 0. The fourth-order valence-corrected chi connectivity index (χ4v) is 7.78. The van der Waals surface area contributed by atoms with Crippen LogP contribution in [0.3, 0.4) is 0 Å². The van der Waals surface area contributed by atoms with Gasteiger partial charge in [0.2, 0.25) is 0 Å². The highest BCUT2D eigenvalue weighted by Crippen LogP contribution is 2.43. The third kappa shape index (κ3) is 41.4. The number of carbonyl (C=O) groups is 2. The molecule has 0 bridgehead atoms. The first-order chi connectivity index (χ1) is 28.3. The van der Waals surface area contributed by atoms with Crippen LogP contribution in [0.4, 0.5) is 0 Å². The van der Waals surface area contributed by atoms with Crippen molar-refractivity contribution in [1.82, 2.24) is 0 Å². The first-order valence-corrected chi connectivity index (χ1v) is 25.6. The van der Waals surface area contributed by atoms with E-state index >= 15 is 0 Å². The van der Waals surface area contributed by atoms with E-state index in [0.717, 1.165) is 38.5 Å². The maximum Gasteiger partial charge on any atom is 0.472 e. The van der Waals surface area contributed by atoms with Crippen molar-refractivity contribution in [3.63, 3.8) is 0 Å². The maximum absolute atomic E-state index is 12.4. The van der Waals surface area contributed by atoms with Crippen molar-refractivity contribution in [2.45, 2.75) is 251 Å². The molecule has 10 nitrogen and oxygen atoms in total. The lowest BCUT2D eigenvalue weighted by atomic mass is 10.0. The first kappa shape index (κ1) is 56.7. The van der Waals surface area contributed by atoms with Crippen molar-refractivity contribution in [2.24, 2.45) is 0 Å². The molecule has 11 heteroatoms. The lowest BCUT2D eigenvalue weighted by Crippen LogP contribution is -2.28. The van der Waals surface area contributed by atoms with E-state index in [0.29, 0.717) is 12.8 Å². The van der Waals surface area contributed by atoms with Crippen LogP contribution in [-0.4, -0.2) is 65.7 Å². The standard InChI is InChI=1S/C47H91O10P/c1-3-5-7-9-11-13-15-17-19-20-21-22-23-24-25-27-29-31-33-35-37-39-47(51)57-45(41-49)43-55-58(52,53)54-42-44(40-48)56-46(50)38-36-34-32-30-28-26-18-16-14-12-10-8-6-4-2/h20-21,44-45,48-49H,3-19,22-43H2,1-2H3,(H,52,53)/b21-20-. The molecule has 3 atom stereocenters. The van der Waals surface area contributed by atoms with Gasteiger partial charge in [-0.1, -0.05) is 199 Å². The Hall–Kier alpha value is -1.29. The second-order valence-electron chi connectivity index (χ2n) is 16.5. The van der Waals surface area contributed by atoms with Gasteiger partial charge in [0.05, 0.1) is 26.4 Å². The smallest absolute Gasteiger partial charge is 0.457 e. The lowest BCUT2D eigenvalue weighted by molar-refractivity contribution is -0.153. The predicted molar refractivity (Wildman–Crippen MR) is 238 cm³/mol. The van der Waals surface area contributed by atoms with Gasteiger partial charge in [-0.05, 0) is 38.5 Å². The summed E-state index contributed by atoms with van der Waals surface area (Å²) in [7, 11) is -4.63. The van der Waals surface area contributed by atoms with Gasteiger partial charge in [-0.2, -0.15) is 0 Å². The van der Waals surface area contributed by atoms with Crippen molar-refractivity contribution >= 4 is 19.8 Å². The third-order valence-corrected chi connectivity index (χ3v) is 11.7. The number of hydrogen-bond donors (Lipinski definition) is 3. The molecule has 0 aliphatic heterocycles. The van der Waals surface area contributed by atoms with E-state index in [1.54, 1.807) is 0 Å². The number of hydrogen-bond acceptors (Lipinski definition) is 9. The number of phosphoric ester groups is 1. The van der Waals surface area contributed by atoms with E-state index in [-0.39, 0.29) is 12.8 Å². The molecule has 0 rings (SSSR count). The van der Waals surface area contributed by atoms with E-state index < -0.39 is 58.4 Å². The molecule has 0 aromatic heterocycles. The van der Waals surface area contributed by atoms with E-state index in [1.165, 1.54) is 161 Å². The van der Waals surface area contributed by atoms with Gasteiger partial charge in [0.25, 0.3) is 0 Å². The lowest BCUT2D eigenvalue weighted by Gasteiger charge is -2.20. The molecule has 0 heterocycles. The van der Waals surface area contributed by atoms with Crippen LogP contribution >= 0.6 is 7.82 Å². The van der Waals surface area contributed by atoms with Crippen LogP contribution < -0.4 is 0 Å². The van der Waals surface area contributed by atoms with Gasteiger partial charge in [0.1, 0.15) is 12.2 Å². The maximum atomic E-state index is 12.4. The Bertz CT molecular complexity index is 977. The second-order valence-corrected chi connectivity index (χ2v) is 17.9. The van der Waals surface area contributed by atoms with E-state index in [9.17, 15) is 29.3 Å². The molecule has 0 saturated carbocycles. The fourth-order valence-electron chi connectivity index (χ4n) is 6.99. The Morgan fingerprint density at radius 1 is 0.448 bits per heavy atom. The molecule has 58 heavy (non-hydrogen) atoms. The summed E-state index contributed by atoms with van der Waals surface area (Å²) >= 11 is 0. The van der Waals surface area contributed by atoms with Crippen LogP contribution in [0.1, 0.15) is 239 Å². The average molecular weight is 847 g/mol. The molecule has 0 aromatic carbocycles. The minimum atomic E-state index is -4.63. The van der Waals surface area contributed by atoms with Gasteiger partial charge < -0.3 is 24.6 Å². The van der Waals surface area contributed by atoms with Crippen LogP contribution in [0, 0.1) is 0 Å². The number of ether oxygens (including phenoxy) is 2. The molecule has 3 unspecified atom stereocenters. The normalized spacial score (nSPS) is 13.8. The number of phosphoric acid groups is 1. The molecule has 0 fully saturated rings. The summed E-state index contributed by atoms with van der Waals surface area (Å²) in [4.78, 5) is 34.6. The van der Waals surface area contributed by atoms with E-state index in [1.807, 2.05) is 0 Å². The number of esters is 2. The average Bonchev–Trinajstić information content (AvgIpc) is 3.21. The van der Waals surface area contributed by atoms with Crippen molar-refractivity contribution in [3.8, 4) is 0 Å². The summed E-state index contributed by atoms with van der Waals surface area (Å²) < 4.78 is 32.6. The van der Waals surface area contributed by atoms with Crippen LogP contribution in [0.5, 0.6) is 0 Å². The number of allylic oxidation sites excluding steroid dienone is 2. The van der Waals surface area contributed by atoms with Crippen LogP contribution in [0.25, 0.3) is 0 Å². The van der Waals surface area contributed by atoms with Crippen LogP contribution in [0.2, 0.25) is 0 Å². The quantitative estimate of drug-likeness (QED) is 0.0234. The molecule has 0 aliphatic rings. The molecular formula is C47H91O10P. The van der Waals surface area contributed by atoms with Gasteiger partial charge in [-0.25, -0.2) is 4.57 Å². The second kappa shape index (κ2) is 43.8. The molecule has 0 aliphatic carbocycles. The summed E-state index contributed by atoms with van der Waals surface area (Å²) in [5, 5.41) is 19.2. The predicted octanol–water partition coefficient (Wildman–Crippen LogP) is 13.2. The Morgan fingerprint density at radius 3 is 0.983 bits per heavy atom. The van der Waals surface area contributed by atoms with E-state index in [4.69, 9.17) is 18.5 Å².